The molecule has 2 saturated heterocycles. The molecule has 0 aromatic heterocycles. The van der Waals surface area contributed by atoms with Crippen LogP contribution in [-0.4, -0.2) is 61.1 Å². The predicted octanol–water partition coefficient (Wildman–Crippen LogP) is 1.69. The molecule has 2 heterocycles. The lowest BCUT2D eigenvalue weighted by atomic mass is 10.2. The van der Waals surface area contributed by atoms with E-state index in [4.69, 9.17) is 11.6 Å². The molecule has 2 aliphatic rings. The molecule has 0 radical (unpaired) electrons. The molecule has 3 rings (SSSR count). The van der Waals surface area contributed by atoms with Gasteiger partial charge in [0, 0.05) is 54.9 Å². The van der Waals surface area contributed by atoms with E-state index < -0.39 is 0 Å². The number of anilines is 1. The number of piperazine rings is 1. The van der Waals surface area contributed by atoms with Gasteiger partial charge in [-0.3, -0.25) is 4.79 Å². The first-order valence-electron chi connectivity index (χ1n) is 7.34. The molecule has 0 aliphatic carbocycles. The van der Waals surface area contributed by atoms with Gasteiger partial charge in [0.1, 0.15) is 0 Å². The van der Waals surface area contributed by atoms with Crippen molar-refractivity contribution >= 4 is 35.0 Å². The van der Waals surface area contributed by atoms with E-state index in [1.54, 1.807) is 0 Å². The Balaban J connectivity index is 1.56. The number of benzene rings is 1. The number of thioether (sulfide) groups is 1. The maximum atomic E-state index is 12.5. The maximum Gasteiger partial charge on any atom is 0.240 e. The van der Waals surface area contributed by atoms with Crippen LogP contribution in [0.3, 0.4) is 0 Å². The van der Waals surface area contributed by atoms with Crippen LogP contribution in [0.4, 0.5) is 5.69 Å². The molecule has 1 atom stereocenters. The van der Waals surface area contributed by atoms with Crippen LogP contribution in [0.15, 0.2) is 24.3 Å². The number of nitrogens with one attached hydrogen (secondary N) is 1. The van der Waals surface area contributed by atoms with Crippen LogP contribution < -0.4 is 10.2 Å². The van der Waals surface area contributed by atoms with Crippen molar-refractivity contribution in [3.8, 4) is 0 Å². The zero-order valence-electron chi connectivity index (χ0n) is 11.9. The Kier molecular flexibility index (Phi) is 4.93. The monoisotopic (exact) mass is 325 g/mol. The van der Waals surface area contributed by atoms with Crippen LogP contribution in [0.2, 0.25) is 5.02 Å². The van der Waals surface area contributed by atoms with Crippen molar-refractivity contribution in [2.24, 2.45) is 0 Å². The summed E-state index contributed by atoms with van der Waals surface area (Å²) in [5.41, 5.74) is 1.14. The van der Waals surface area contributed by atoms with Crippen molar-refractivity contribution in [3.63, 3.8) is 0 Å². The third kappa shape index (κ3) is 3.65. The lowest BCUT2D eigenvalue weighted by molar-refractivity contribution is -0.133. The molecule has 4 nitrogen and oxygen atoms in total. The molecule has 0 saturated carbocycles. The molecule has 1 N–H and O–H groups in total. The minimum absolute atomic E-state index is 0.00136. The summed E-state index contributed by atoms with van der Waals surface area (Å²) < 4.78 is 0. The highest BCUT2D eigenvalue weighted by Crippen LogP contribution is 2.21. The fourth-order valence-corrected chi connectivity index (χ4v) is 3.91. The molecule has 1 aromatic carbocycles. The smallest absolute Gasteiger partial charge is 0.240 e. The predicted molar refractivity (Wildman–Crippen MR) is 89.4 cm³/mol. The Morgan fingerprint density at radius 2 is 2.10 bits per heavy atom. The Morgan fingerprint density at radius 1 is 1.29 bits per heavy atom. The van der Waals surface area contributed by atoms with Crippen LogP contribution in [0.25, 0.3) is 0 Å². The minimum atomic E-state index is 0.00136. The van der Waals surface area contributed by atoms with E-state index in [2.05, 4.69) is 16.3 Å². The van der Waals surface area contributed by atoms with Gasteiger partial charge in [-0.2, -0.15) is 11.8 Å². The Labute approximate surface area is 134 Å². The molecule has 1 amide bonds. The molecule has 6 heteroatoms. The van der Waals surface area contributed by atoms with Gasteiger partial charge in [0.15, 0.2) is 0 Å². The van der Waals surface area contributed by atoms with Crippen LogP contribution in [0.1, 0.15) is 0 Å². The summed E-state index contributed by atoms with van der Waals surface area (Å²) in [4.78, 5) is 16.7. The Morgan fingerprint density at radius 3 is 2.76 bits per heavy atom. The standard InChI is InChI=1S/C15H20ClN3OS/c16-12-2-1-3-13(10-12)18-5-7-19(8-6-18)15(20)14-11-21-9-4-17-14/h1-3,10,14,17H,4-9,11H2. The van der Waals surface area contributed by atoms with Crippen molar-refractivity contribution in [3.05, 3.63) is 29.3 Å². The van der Waals surface area contributed by atoms with Crippen molar-refractivity contribution in [1.29, 1.82) is 0 Å². The summed E-state index contributed by atoms with van der Waals surface area (Å²) in [6.07, 6.45) is 0. The van der Waals surface area contributed by atoms with Crippen molar-refractivity contribution in [1.82, 2.24) is 10.2 Å². The molecular formula is C15H20ClN3OS. The highest BCUT2D eigenvalue weighted by molar-refractivity contribution is 7.99. The van der Waals surface area contributed by atoms with E-state index >= 15 is 0 Å². The fraction of sp³-hybridized carbons (Fsp3) is 0.533. The first kappa shape index (κ1) is 15.0. The van der Waals surface area contributed by atoms with Crippen molar-refractivity contribution < 1.29 is 4.79 Å². The highest BCUT2D eigenvalue weighted by Gasteiger charge is 2.28. The summed E-state index contributed by atoms with van der Waals surface area (Å²) in [7, 11) is 0. The third-order valence-electron chi connectivity index (χ3n) is 3.98. The Hall–Kier alpha value is -0.910. The fourth-order valence-electron chi connectivity index (χ4n) is 2.80. The second-order valence-corrected chi connectivity index (χ2v) is 6.96. The van der Waals surface area contributed by atoms with E-state index in [0.29, 0.717) is 0 Å². The van der Waals surface area contributed by atoms with E-state index in [-0.39, 0.29) is 11.9 Å². The Bertz CT molecular complexity index is 499. The number of nitrogens with zero attached hydrogens (tertiary/aromatic N) is 2. The number of halogens is 1. The second-order valence-electron chi connectivity index (χ2n) is 5.37. The first-order chi connectivity index (χ1) is 10.2. The first-order valence-corrected chi connectivity index (χ1v) is 8.88. The molecule has 21 heavy (non-hydrogen) atoms. The summed E-state index contributed by atoms with van der Waals surface area (Å²) >= 11 is 7.90. The summed E-state index contributed by atoms with van der Waals surface area (Å²) in [6.45, 7) is 4.24. The van der Waals surface area contributed by atoms with Crippen molar-refractivity contribution in [2.75, 3.05) is 49.1 Å². The summed E-state index contributed by atoms with van der Waals surface area (Å²) in [6, 6.07) is 7.91. The van der Waals surface area contributed by atoms with E-state index in [9.17, 15) is 4.79 Å². The van der Waals surface area contributed by atoms with Gasteiger partial charge >= 0.3 is 0 Å². The van der Waals surface area contributed by atoms with E-state index in [1.807, 2.05) is 34.9 Å². The number of carbonyl (C=O) groups is 1. The average molecular weight is 326 g/mol. The molecule has 1 aromatic rings. The molecule has 2 fully saturated rings. The second kappa shape index (κ2) is 6.90. The quantitative estimate of drug-likeness (QED) is 0.897. The molecule has 1 unspecified atom stereocenters. The minimum Gasteiger partial charge on any atom is -0.368 e. The van der Waals surface area contributed by atoms with Gasteiger partial charge in [0.05, 0.1) is 6.04 Å². The van der Waals surface area contributed by atoms with Crippen LogP contribution in [0, 0.1) is 0 Å². The van der Waals surface area contributed by atoms with E-state index in [0.717, 1.165) is 54.9 Å². The van der Waals surface area contributed by atoms with Gasteiger partial charge in [-0.25, -0.2) is 0 Å². The molecule has 0 spiro atoms. The topological polar surface area (TPSA) is 35.6 Å². The molecule has 2 aliphatic heterocycles. The van der Waals surface area contributed by atoms with Crippen LogP contribution >= 0.6 is 23.4 Å². The van der Waals surface area contributed by atoms with Gasteiger partial charge in [-0.05, 0) is 18.2 Å². The van der Waals surface area contributed by atoms with Gasteiger partial charge in [0.2, 0.25) is 5.91 Å². The number of amides is 1. The third-order valence-corrected chi connectivity index (χ3v) is 5.28. The molecular weight excluding hydrogens is 306 g/mol. The van der Waals surface area contributed by atoms with Crippen LogP contribution in [-0.2, 0) is 4.79 Å². The summed E-state index contributed by atoms with van der Waals surface area (Å²) in [5.74, 6) is 2.26. The number of carbonyl (C=O) groups excluding carboxylic acids is 1. The normalized spacial score (nSPS) is 23.2. The summed E-state index contributed by atoms with van der Waals surface area (Å²) in [5, 5.41) is 4.08. The van der Waals surface area contributed by atoms with Gasteiger partial charge in [0.25, 0.3) is 0 Å². The van der Waals surface area contributed by atoms with Crippen molar-refractivity contribution in [2.45, 2.75) is 6.04 Å². The highest BCUT2D eigenvalue weighted by atomic mass is 35.5. The van der Waals surface area contributed by atoms with E-state index in [1.165, 1.54) is 0 Å². The van der Waals surface area contributed by atoms with Crippen LogP contribution in [0.5, 0.6) is 0 Å². The number of hydrogen-bond acceptors (Lipinski definition) is 4. The largest absolute Gasteiger partial charge is 0.368 e. The van der Waals surface area contributed by atoms with Gasteiger partial charge in [-0.1, -0.05) is 17.7 Å². The zero-order valence-corrected chi connectivity index (χ0v) is 13.5. The molecule has 114 valence electrons. The molecule has 0 bridgehead atoms. The van der Waals surface area contributed by atoms with Gasteiger partial charge in [-0.15, -0.1) is 0 Å². The zero-order chi connectivity index (χ0) is 14.7. The number of rotatable bonds is 2. The lowest BCUT2D eigenvalue weighted by Crippen LogP contribution is -2.56. The van der Waals surface area contributed by atoms with Gasteiger partial charge < -0.3 is 15.1 Å². The number of hydrogen-bond donors (Lipinski definition) is 1. The average Bonchev–Trinajstić information content (AvgIpc) is 2.55. The lowest BCUT2D eigenvalue weighted by Gasteiger charge is -2.38. The maximum absolute atomic E-state index is 12.5. The SMILES string of the molecule is O=C(C1CSCCN1)N1CCN(c2cccc(Cl)c2)CC1.